The van der Waals surface area contributed by atoms with Gasteiger partial charge < -0.3 is 8.98 Å². The lowest BCUT2D eigenvalue weighted by Crippen LogP contribution is -2.02. The van der Waals surface area contributed by atoms with Gasteiger partial charge in [0.25, 0.3) is 0 Å². The third-order valence-corrected chi connectivity index (χ3v) is 12.3. The van der Waals surface area contributed by atoms with E-state index in [1.807, 2.05) is 18.2 Å². The molecule has 0 bridgehead atoms. The smallest absolute Gasteiger partial charge is 0.164 e. The summed E-state index contributed by atoms with van der Waals surface area (Å²) in [7, 11) is 0. The molecule has 0 N–H and O–H groups in total. The number of pyridine rings is 1. The average molecular weight is 792 g/mol. The number of hydrogen-bond acceptors (Lipinski definition) is 5. The molecule has 0 atom stereocenters. The number of para-hydroxylation sites is 1. The molecule has 288 valence electrons. The molecule has 6 heteroatoms. The second-order valence-electron chi connectivity index (χ2n) is 15.8. The molecule has 4 aromatic heterocycles. The third kappa shape index (κ3) is 5.30. The molecule has 13 rings (SSSR count). The molecular weight excluding hydrogens is 759 g/mol. The van der Waals surface area contributed by atoms with Crippen molar-refractivity contribution in [3.05, 3.63) is 200 Å². The predicted molar refractivity (Wildman–Crippen MR) is 254 cm³/mol. The van der Waals surface area contributed by atoms with Gasteiger partial charge in [-0.25, -0.2) is 15.0 Å². The summed E-state index contributed by atoms with van der Waals surface area (Å²) in [5.41, 5.74) is 10.7. The molecule has 0 aliphatic heterocycles. The molecule has 0 saturated heterocycles. The Balaban J connectivity index is 1.06. The minimum Gasteiger partial charge on any atom is -0.454 e. The van der Waals surface area contributed by atoms with Crippen LogP contribution in [0.2, 0.25) is 0 Å². The lowest BCUT2D eigenvalue weighted by Gasteiger charge is -2.16. The number of fused-ring (bicyclic) bond motifs is 10. The molecule has 0 aliphatic rings. The van der Waals surface area contributed by atoms with Crippen molar-refractivity contribution < 1.29 is 4.42 Å². The Bertz CT molecular complexity index is 3940. The highest BCUT2D eigenvalue weighted by Gasteiger charge is 2.21. The maximum absolute atomic E-state index is 6.31. The van der Waals surface area contributed by atoms with Gasteiger partial charge in [-0.2, -0.15) is 0 Å². The number of nitrogens with zero attached hydrogens (tertiary/aromatic N) is 5. The zero-order chi connectivity index (χ0) is 40.7. The Hall–Kier alpha value is -8.48. The summed E-state index contributed by atoms with van der Waals surface area (Å²) in [4.78, 5) is 20.6. The van der Waals surface area contributed by atoms with Crippen molar-refractivity contribution in [1.82, 2.24) is 24.5 Å². The summed E-state index contributed by atoms with van der Waals surface area (Å²) in [6.07, 6.45) is 1.79. The van der Waals surface area contributed by atoms with Crippen LogP contribution in [0, 0.1) is 0 Å². The number of benzene rings is 9. The maximum Gasteiger partial charge on any atom is 0.164 e. The van der Waals surface area contributed by atoms with Gasteiger partial charge in [-0.1, -0.05) is 140 Å². The molecule has 9 aromatic carbocycles. The Labute approximate surface area is 355 Å². The van der Waals surface area contributed by atoms with E-state index in [4.69, 9.17) is 19.4 Å². The first kappa shape index (κ1) is 34.4. The highest BCUT2D eigenvalue weighted by molar-refractivity contribution is 6.14. The van der Waals surface area contributed by atoms with Gasteiger partial charge in [0.05, 0.1) is 16.7 Å². The summed E-state index contributed by atoms with van der Waals surface area (Å²) in [6, 6.07) is 68.3. The second-order valence-corrected chi connectivity index (χ2v) is 15.8. The quantitative estimate of drug-likeness (QED) is 0.162. The van der Waals surface area contributed by atoms with Gasteiger partial charge in [0.1, 0.15) is 11.1 Å². The van der Waals surface area contributed by atoms with Crippen molar-refractivity contribution in [3.8, 4) is 51.0 Å². The Morgan fingerprint density at radius 1 is 0.355 bits per heavy atom. The van der Waals surface area contributed by atoms with Crippen LogP contribution in [0.5, 0.6) is 0 Å². The minimum atomic E-state index is 0.557. The van der Waals surface area contributed by atoms with E-state index in [-0.39, 0.29) is 0 Å². The number of rotatable bonds is 5. The largest absolute Gasteiger partial charge is 0.454 e. The fourth-order valence-corrected chi connectivity index (χ4v) is 9.43. The molecule has 0 amide bonds. The topological polar surface area (TPSA) is 69.6 Å². The van der Waals surface area contributed by atoms with Crippen molar-refractivity contribution in [2.75, 3.05) is 0 Å². The van der Waals surface area contributed by atoms with E-state index in [0.717, 1.165) is 82.4 Å². The van der Waals surface area contributed by atoms with Crippen LogP contribution in [0.4, 0.5) is 0 Å². The average Bonchev–Trinajstić information content (AvgIpc) is 3.88. The predicted octanol–water partition coefficient (Wildman–Crippen LogP) is 14.4. The maximum atomic E-state index is 6.31. The van der Waals surface area contributed by atoms with E-state index in [2.05, 4.69) is 185 Å². The van der Waals surface area contributed by atoms with Gasteiger partial charge in [-0.05, 0) is 92.7 Å². The molecule has 6 nitrogen and oxygen atoms in total. The highest BCUT2D eigenvalue weighted by Crippen LogP contribution is 2.41. The third-order valence-electron chi connectivity index (χ3n) is 12.3. The van der Waals surface area contributed by atoms with Crippen molar-refractivity contribution in [3.63, 3.8) is 0 Å². The van der Waals surface area contributed by atoms with Crippen molar-refractivity contribution in [2.24, 2.45) is 0 Å². The van der Waals surface area contributed by atoms with Crippen LogP contribution in [-0.2, 0) is 0 Å². The molecule has 0 radical (unpaired) electrons. The van der Waals surface area contributed by atoms with Gasteiger partial charge in [0.2, 0.25) is 0 Å². The van der Waals surface area contributed by atoms with E-state index >= 15 is 0 Å². The number of hydrogen-bond donors (Lipinski definition) is 0. The van der Waals surface area contributed by atoms with Gasteiger partial charge in [0, 0.05) is 44.4 Å². The van der Waals surface area contributed by atoms with E-state index in [0.29, 0.717) is 17.5 Å². The molecule has 62 heavy (non-hydrogen) atoms. The Morgan fingerprint density at radius 2 is 1.00 bits per heavy atom. The van der Waals surface area contributed by atoms with Crippen LogP contribution in [0.1, 0.15) is 0 Å². The van der Waals surface area contributed by atoms with E-state index in [1.165, 1.54) is 27.3 Å². The molecule has 0 saturated carbocycles. The lowest BCUT2D eigenvalue weighted by molar-refractivity contribution is 0.668. The first-order valence-electron chi connectivity index (χ1n) is 20.8. The first-order chi connectivity index (χ1) is 30.7. The lowest BCUT2D eigenvalue weighted by atomic mass is 9.96. The Morgan fingerprint density at radius 3 is 1.85 bits per heavy atom. The molecule has 0 aliphatic carbocycles. The standard InChI is InChI=1S/C56H33N5O/c1-2-13-34(14-3-1)35-24-26-44-43-21-10-11-22-48(43)61(50(44)32-35)49-29-28-45(41-19-8-9-20-42(41)49)55-58-54(37-25-27-46-52(33-37)62-51-23-12-30-57-53(46)51)59-56(60-55)47-31-36-15-4-5-16-38(36)39-17-6-7-18-40(39)47/h1-33H. The molecule has 0 spiro atoms. The molecular formula is C56H33N5O. The van der Waals surface area contributed by atoms with Gasteiger partial charge >= 0.3 is 0 Å². The molecule has 0 unspecified atom stereocenters. The fraction of sp³-hybridized carbons (Fsp3) is 0. The van der Waals surface area contributed by atoms with Crippen LogP contribution in [0.15, 0.2) is 205 Å². The van der Waals surface area contributed by atoms with E-state index < -0.39 is 0 Å². The van der Waals surface area contributed by atoms with Crippen LogP contribution in [0.25, 0.3) is 127 Å². The number of furan rings is 1. The monoisotopic (exact) mass is 791 g/mol. The second kappa shape index (κ2) is 13.5. The summed E-state index contributed by atoms with van der Waals surface area (Å²) >= 11 is 0. The molecule has 13 aromatic rings. The van der Waals surface area contributed by atoms with Crippen LogP contribution >= 0.6 is 0 Å². The van der Waals surface area contributed by atoms with Gasteiger partial charge in [0.15, 0.2) is 23.1 Å². The summed E-state index contributed by atoms with van der Waals surface area (Å²) in [5.74, 6) is 1.74. The summed E-state index contributed by atoms with van der Waals surface area (Å²) in [6.45, 7) is 0. The van der Waals surface area contributed by atoms with Crippen LogP contribution in [-0.4, -0.2) is 24.5 Å². The zero-order valence-electron chi connectivity index (χ0n) is 33.2. The van der Waals surface area contributed by atoms with Crippen molar-refractivity contribution in [2.45, 2.75) is 0 Å². The summed E-state index contributed by atoms with van der Waals surface area (Å²) < 4.78 is 8.72. The fourth-order valence-electron chi connectivity index (χ4n) is 9.43. The van der Waals surface area contributed by atoms with Crippen LogP contribution < -0.4 is 0 Å². The first-order valence-corrected chi connectivity index (χ1v) is 20.8. The van der Waals surface area contributed by atoms with E-state index in [1.54, 1.807) is 6.20 Å². The van der Waals surface area contributed by atoms with E-state index in [9.17, 15) is 0 Å². The minimum absolute atomic E-state index is 0.557. The van der Waals surface area contributed by atoms with Crippen molar-refractivity contribution >= 4 is 76.2 Å². The number of aromatic nitrogens is 5. The molecule has 0 fully saturated rings. The zero-order valence-corrected chi connectivity index (χ0v) is 33.2. The van der Waals surface area contributed by atoms with Gasteiger partial charge in [-0.3, -0.25) is 4.98 Å². The highest BCUT2D eigenvalue weighted by atomic mass is 16.3. The van der Waals surface area contributed by atoms with Crippen LogP contribution in [0.3, 0.4) is 0 Å². The molecule has 4 heterocycles. The van der Waals surface area contributed by atoms with Crippen molar-refractivity contribution in [1.29, 1.82) is 0 Å². The normalized spacial score (nSPS) is 11.9. The SMILES string of the molecule is c1ccc(-c2ccc3c4ccccc4n(-c4ccc(-c5nc(-c6ccc7c(c6)oc6cccnc67)nc(-c6cc7ccccc7c7ccccc67)n5)c5ccccc45)c3c2)cc1. The summed E-state index contributed by atoms with van der Waals surface area (Å²) in [5, 5.41) is 10.0. The van der Waals surface area contributed by atoms with Gasteiger partial charge in [-0.15, -0.1) is 0 Å². The Kier molecular flexibility index (Phi) is 7.50.